The van der Waals surface area contributed by atoms with Crippen molar-refractivity contribution in [3.8, 4) is 17.2 Å². The van der Waals surface area contributed by atoms with Crippen LogP contribution in [0.3, 0.4) is 0 Å². The van der Waals surface area contributed by atoms with Crippen LogP contribution in [0.25, 0.3) is 0 Å². The Balaban J connectivity index is 2.48. The number of rotatable bonds is 7. The summed E-state index contributed by atoms with van der Waals surface area (Å²) in [5.74, 6) is 0.0904. The van der Waals surface area contributed by atoms with E-state index in [2.05, 4.69) is 0 Å². The molecule has 1 atom stereocenters. The standard InChI is InChI=1S/C19H22O5/c1-12-5-7-17(23-3)13(9-12)10-16(19(20)21)15-11-14(22-2)6-8-18(15)24-4/h5-9,11,16H,10H2,1-4H3,(H,20,21). The molecule has 5 nitrogen and oxygen atoms in total. The largest absolute Gasteiger partial charge is 0.497 e. The lowest BCUT2D eigenvalue weighted by atomic mass is 9.90. The summed E-state index contributed by atoms with van der Waals surface area (Å²) in [6.07, 6.45) is 0.295. The minimum absolute atomic E-state index is 0.295. The maximum Gasteiger partial charge on any atom is 0.311 e. The van der Waals surface area contributed by atoms with Gasteiger partial charge in [-0.1, -0.05) is 17.7 Å². The third-order valence-corrected chi connectivity index (χ3v) is 3.97. The second-order valence-corrected chi connectivity index (χ2v) is 5.52. The highest BCUT2D eigenvalue weighted by Gasteiger charge is 2.26. The minimum Gasteiger partial charge on any atom is -0.497 e. The van der Waals surface area contributed by atoms with E-state index in [-0.39, 0.29) is 0 Å². The number of benzene rings is 2. The molecule has 0 radical (unpaired) electrons. The lowest BCUT2D eigenvalue weighted by Crippen LogP contribution is -2.16. The van der Waals surface area contributed by atoms with E-state index in [9.17, 15) is 9.90 Å². The van der Waals surface area contributed by atoms with Gasteiger partial charge in [0.15, 0.2) is 0 Å². The Morgan fingerprint density at radius 2 is 1.67 bits per heavy atom. The minimum atomic E-state index is -0.926. The van der Waals surface area contributed by atoms with Gasteiger partial charge in [-0.25, -0.2) is 0 Å². The molecule has 0 bridgehead atoms. The van der Waals surface area contributed by atoms with Crippen molar-refractivity contribution in [2.24, 2.45) is 0 Å². The van der Waals surface area contributed by atoms with Crippen molar-refractivity contribution in [3.05, 3.63) is 53.1 Å². The number of hydrogen-bond acceptors (Lipinski definition) is 4. The van der Waals surface area contributed by atoms with Gasteiger partial charge >= 0.3 is 5.97 Å². The molecule has 5 heteroatoms. The number of carbonyl (C=O) groups is 1. The van der Waals surface area contributed by atoms with Crippen LogP contribution in [0.2, 0.25) is 0 Å². The molecule has 1 N–H and O–H groups in total. The Labute approximate surface area is 141 Å². The number of ether oxygens (including phenoxy) is 3. The molecular weight excluding hydrogens is 308 g/mol. The van der Waals surface area contributed by atoms with Gasteiger partial charge in [0, 0.05) is 5.56 Å². The summed E-state index contributed by atoms with van der Waals surface area (Å²) in [7, 11) is 4.65. The first-order valence-corrected chi connectivity index (χ1v) is 7.58. The van der Waals surface area contributed by atoms with Crippen LogP contribution in [0.1, 0.15) is 22.6 Å². The molecule has 2 aromatic carbocycles. The fraction of sp³-hybridized carbons (Fsp3) is 0.316. The lowest BCUT2D eigenvalue weighted by Gasteiger charge is -2.19. The van der Waals surface area contributed by atoms with Gasteiger partial charge in [-0.05, 0) is 43.2 Å². The zero-order chi connectivity index (χ0) is 17.7. The number of carboxylic acid groups (broad SMARTS) is 1. The Morgan fingerprint density at radius 3 is 2.25 bits per heavy atom. The molecule has 128 valence electrons. The van der Waals surface area contributed by atoms with Crippen LogP contribution in [0.15, 0.2) is 36.4 Å². The van der Waals surface area contributed by atoms with Crippen molar-refractivity contribution >= 4 is 5.97 Å². The van der Waals surface area contributed by atoms with Crippen molar-refractivity contribution in [1.82, 2.24) is 0 Å². The maximum atomic E-state index is 11.9. The predicted octanol–water partition coefficient (Wildman–Crippen LogP) is 3.43. The van der Waals surface area contributed by atoms with Gasteiger partial charge in [-0.15, -0.1) is 0 Å². The summed E-state index contributed by atoms with van der Waals surface area (Å²) in [5, 5.41) is 9.77. The van der Waals surface area contributed by atoms with Crippen molar-refractivity contribution < 1.29 is 24.1 Å². The van der Waals surface area contributed by atoms with Crippen molar-refractivity contribution in [2.75, 3.05) is 21.3 Å². The molecule has 24 heavy (non-hydrogen) atoms. The summed E-state index contributed by atoms with van der Waals surface area (Å²) < 4.78 is 15.9. The highest BCUT2D eigenvalue weighted by Crippen LogP contribution is 2.35. The Bertz CT molecular complexity index is 724. The number of methoxy groups -OCH3 is 3. The average molecular weight is 330 g/mol. The van der Waals surface area contributed by atoms with E-state index in [0.29, 0.717) is 29.2 Å². The molecule has 0 aromatic heterocycles. The maximum absolute atomic E-state index is 11.9. The third kappa shape index (κ3) is 3.79. The molecule has 0 aliphatic rings. The van der Waals surface area contributed by atoms with Crippen LogP contribution in [0.5, 0.6) is 17.2 Å². The zero-order valence-corrected chi connectivity index (χ0v) is 14.3. The lowest BCUT2D eigenvalue weighted by molar-refractivity contribution is -0.138. The smallest absolute Gasteiger partial charge is 0.311 e. The number of aliphatic carboxylic acids is 1. The van der Waals surface area contributed by atoms with Gasteiger partial charge in [-0.2, -0.15) is 0 Å². The van der Waals surface area contributed by atoms with Crippen LogP contribution in [0.4, 0.5) is 0 Å². The van der Waals surface area contributed by atoms with Gasteiger partial charge in [0.25, 0.3) is 0 Å². The van der Waals surface area contributed by atoms with Crippen molar-refractivity contribution in [3.63, 3.8) is 0 Å². The first-order chi connectivity index (χ1) is 11.5. The van der Waals surface area contributed by atoms with Gasteiger partial charge in [0.2, 0.25) is 0 Å². The normalized spacial score (nSPS) is 11.7. The molecule has 0 amide bonds. The number of aryl methyl sites for hydroxylation is 1. The molecule has 0 saturated carbocycles. The van der Waals surface area contributed by atoms with E-state index in [1.807, 2.05) is 25.1 Å². The van der Waals surface area contributed by atoms with Crippen LogP contribution >= 0.6 is 0 Å². The van der Waals surface area contributed by atoms with Gasteiger partial charge in [0.05, 0.1) is 27.2 Å². The Kier molecular flexibility index (Phi) is 5.68. The van der Waals surface area contributed by atoms with E-state index in [1.165, 1.54) is 7.11 Å². The van der Waals surface area contributed by atoms with Crippen molar-refractivity contribution in [1.29, 1.82) is 0 Å². The molecule has 0 saturated heterocycles. The Hall–Kier alpha value is -2.69. The SMILES string of the molecule is COc1ccc(OC)c(C(Cc2cc(C)ccc2OC)C(=O)O)c1. The predicted molar refractivity (Wildman–Crippen MR) is 91.4 cm³/mol. The molecular formula is C19H22O5. The van der Waals surface area contributed by atoms with E-state index in [1.54, 1.807) is 32.4 Å². The summed E-state index contributed by atoms with van der Waals surface area (Å²) in [4.78, 5) is 11.9. The fourth-order valence-electron chi connectivity index (χ4n) is 2.73. The summed E-state index contributed by atoms with van der Waals surface area (Å²) >= 11 is 0. The van der Waals surface area contributed by atoms with E-state index >= 15 is 0 Å². The van der Waals surface area contributed by atoms with E-state index in [0.717, 1.165) is 11.1 Å². The summed E-state index contributed by atoms with van der Waals surface area (Å²) in [6.45, 7) is 1.96. The van der Waals surface area contributed by atoms with Gasteiger partial charge in [0.1, 0.15) is 17.2 Å². The molecule has 1 unspecified atom stereocenters. The highest BCUT2D eigenvalue weighted by atomic mass is 16.5. The summed E-state index contributed by atoms with van der Waals surface area (Å²) in [5.41, 5.74) is 2.47. The van der Waals surface area contributed by atoms with Crippen LogP contribution in [-0.2, 0) is 11.2 Å². The van der Waals surface area contributed by atoms with Crippen molar-refractivity contribution in [2.45, 2.75) is 19.3 Å². The van der Waals surface area contributed by atoms with Crippen LogP contribution in [0, 0.1) is 6.92 Å². The third-order valence-electron chi connectivity index (χ3n) is 3.97. The second-order valence-electron chi connectivity index (χ2n) is 5.52. The fourth-order valence-corrected chi connectivity index (χ4v) is 2.73. The van der Waals surface area contributed by atoms with Gasteiger partial charge in [-0.3, -0.25) is 4.79 Å². The van der Waals surface area contributed by atoms with Gasteiger partial charge < -0.3 is 19.3 Å². The molecule has 0 aliphatic carbocycles. The molecule has 0 aliphatic heterocycles. The molecule has 2 aromatic rings. The number of hydrogen-bond donors (Lipinski definition) is 1. The molecule has 0 heterocycles. The molecule has 0 fully saturated rings. The highest BCUT2D eigenvalue weighted by molar-refractivity contribution is 5.78. The van der Waals surface area contributed by atoms with Crippen LogP contribution in [-0.4, -0.2) is 32.4 Å². The monoisotopic (exact) mass is 330 g/mol. The molecule has 2 rings (SSSR count). The molecule has 0 spiro atoms. The zero-order valence-electron chi connectivity index (χ0n) is 14.3. The van der Waals surface area contributed by atoms with E-state index < -0.39 is 11.9 Å². The van der Waals surface area contributed by atoms with E-state index in [4.69, 9.17) is 14.2 Å². The topological polar surface area (TPSA) is 65.0 Å². The summed E-state index contributed by atoms with van der Waals surface area (Å²) in [6, 6.07) is 10.9. The van der Waals surface area contributed by atoms with Crippen LogP contribution < -0.4 is 14.2 Å². The second kappa shape index (κ2) is 7.73. The first kappa shape index (κ1) is 17.7. The Morgan fingerprint density at radius 1 is 1.00 bits per heavy atom. The average Bonchev–Trinajstić information content (AvgIpc) is 2.59. The quantitative estimate of drug-likeness (QED) is 0.842. The first-order valence-electron chi connectivity index (χ1n) is 7.58. The number of carboxylic acids is 1.